The molecule has 0 amide bonds. The molecule has 5 heteroatoms. The maximum atomic E-state index is 5.92. The maximum absolute atomic E-state index is 5.92. The van der Waals surface area contributed by atoms with E-state index in [0.717, 1.165) is 35.3 Å². The average Bonchev–Trinajstić information content (AvgIpc) is 2.39. The van der Waals surface area contributed by atoms with Crippen LogP contribution in [0.2, 0.25) is 0 Å². The van der Waals surface area contributed by atoms with Gasteiger partial charge in [-0.3, -0.25) is 0 Å². The van der Waals surface area contributed by atoms with Gasteiger partial charge in [0.1, 0.15) is 17.9 Å². The quantitative estimate of drug-likeness (QED) is 0.646. The number of ether oxygens (including phenoxy) is 1. The second-order valence-corrected chi connectivity index (χ2v) is 4.83. The first-order valence-electron chi connectivity index (χ1n) is 6.70. The van der Waals surface area contributed by atoms with Gasteiger partial charge in [0, 0.05) is 0 Å². The van der Waals surface area contributed by atoms with Crippen molar-refractivity contribution in [3.63, 3.8) is 0 Å². The molecule has 5 nitrogen and oxygen atoms in total. The lowest BCUT2D eigenvalue weighted by Gasteiger charge is -2.13. The molecular weight excluding hydrogens is 252 g/mol. The van der Waals surface area contributed by atoms with Crippen LogP contribution in [0.3, 0.4) is 0 Å². The number of nitrogen functional groups attached to an aromatic ring is 1. The van der Waals surface area contributed by atoms with Crippen molar-refractivity contribution in [2.45, 2.75) is 33.6 Å². The van der Waals surface area contributed by atoms with Crippen LogP contribution < -0.4 is 16.0 Å². The summed E-state index contributed by atoms with van der Waals surface area (Å²) in [6.45, 7) is 6.17. The summed E-state index contributed by atoms with van der Waals surface area (Å²) in [4.78, 5) is 8.36. The number of aromatic nitrogens is 2. The summed E-state index contributed by atoms with van der Waals surface area (Å²) >= 11 is 0. The van der Waals surface area contributed by atoms with Crippen LogP contribution in [0.5, 0.6) is 11.6 Å². The topological polar surface area (TPSA) is 73.1 Å². The van der Waals surface area contributed by atoms with E-state index in [2.05, 4.69) is 28.4 Å². The highest BCUT2D eigenvalue weighted by Gasteiger charge is 2.12. The van der Waals surface area contributed by atoms with Crippen molar-refractivity contribution in [1.82, 2.24) is 9.97 Å². The molecule has 1 aromatic carbocycles. The monoisotopic (exact) mass is 272 g/mol. The molecule has 20 heavy (non-hydrogen) atoms. The molecule has 2 rings (SSSR count). The van der Waals surface area contributed by atoms with E-state index in [1.54, 1.807) is 0 Å². The molecule has 0 spiro atoms. The van der Waals surface area contributed by atoms with E-state index in [-0.39, 0.29) is 0 Å². The predicted octanol–water partition coefficient (Wildman–Crippen LogP) is 3.12. The van der Waals surface area contributed by atoms with Gasteiger partial charge in [-0.15, -0.1) is 0 Å². The molecule has 0 radical (unpaired) electrons. The Balaban J connectivity index is 2.37. The fourth-order valence-corrected chi connectivity index (χ4v) is 2.19. The van der Waals surface area contributed by atoms with Crippen LogP contribution in [0, 0.1) is 13.8 Å². The molecule has 0 saturated heterocycles. The molecule has 0 unspecified atom stereocenters. The Kier molecular flexibility index (Phi) is 4.53. The number of rotatable bonds is 5. The van der Waals surface area contributed by atoms with E-state index in [9.17, 15) is 0 Å². The van der Waals surface area contributed by atoms with E-state index in [0.29, 0.717) is 11.7 Å². The third-order valence-corrected chi connectivity index (χ3v) is 2.95. The average molecular weight is 272 g/mol. The molecular formula is C15H20N4O. The highest BCUT2D eigenvalue weighted by molar-refractivity contribution is 5.49. The minimum absolute atomic E-state index is 0.555. The predicted molar refractivity (Wildman–Crippen MR) is 79.8 cm³/mol. The number of nitrogens with one attached hydrogen (secondary N) is 1. The minimum atomic E-state index is 0.555. The van der Waals surface area contributed by atoms with Crippen molar-refractivity contribution >= 4 is 5.82 Å². The first-order chi connectivity index (χ1) is 9.63. The zero-order valence-electron chi connectivity index (χ0n) is 12.1. The van der Waals surface area contributed by atoms with Crippen molar-refractivity contribution in [2.24, 2.45) is 5.84 Å². The van der Waals surface area contributed by atoms with Gasteiger partial charge in [-0.05, 0) is 43.5 Å². The van der Waals surface area contributed by atoms with Gasteiger partial charge >= 0.3 is 0 Å². The number of nitrogens with two attached hydrogens (primary N) is 1. The molecule has 0 atom stereocenters. The normalized spacial score (nSPS) is 10.4. The third kappa shape index (κ3) is 3.24. The third-order valence-electron chi connectivity index (χ3n) is 2.95. The van der Waals surface area contributed by atoms with Crippen LogP contribution >= 0.6 is 0 Å². The van der Waals surface area contributed by atoms with Crippen LogP contribution in [-0.2, 0) is 6.42 Å². The number of anilines is 1. The van der Waals surface area contributed by atoms with Gasteiger partial charge in [-0.1, -0.05) is 19.4 Å². The van der Waals surface area contributed by atoms with Crippen LogP contribution in [0.25, 0.3) is 0 Å². The summed E-state index contributed by atoms with van der Waals surface area (Å²) in [6.07, 6.45) is 3.22. The van der Waals surface area contributed by atoms with Crippen LogP contribution in [-0.4, -0.2) is 9.97 Å². The van der Waals surface area contributed by atoms with Gasteiger partial charge in [-0.25, -0.2) is 15.8 Å². The molecule has 0 aliphatic carbocycles. The lowest BCUT2D eigenvalue weighted by Crippen LogP contribution is -2.12. The lowest BCUT2D eigenvalue weighted by atomic mass is 10.1. The summed E-state index contributed by atoms with van der Waals surface area (Å²) in [6, 6.07) is 6.08. The van der Waals surface area contributed by atoms with E-state index >= 15 is 0 Å². The van der Waals surface area contributed by atoms with Crippen LogP contribution in [0.1, 0.15) is 30.0 Å². The smallest absolute Gasteiger partial charge is 0.227 e. The number of nitrogens with zero attached hydrogens (tertiary/aromatic N) is 2. The van der Waals surface area contributed by atoms with Crippen LogP contribution in [0.15, 0.2) is 24.5 Å². The lowest BCUT2D eigenvalue weighted by molar-refractivity contribution is 0.453. The fourth-order valence-electron chi connectivity index (χ4n) is 2.19. The summed E-state index contributed by atoms with van der Waals surface area (Å²) < 4.78 is 5.92. The molecule has 2 aromatic rings. The van der Waals surface area contributed by atoms with Gasteiger partial charge in [0.25, 0.3) is 0 Å². The van der Waals surface area contributed by atoms with Crippen molar-refractivity contribution in [3.8, 4) is 11.6 Å². The Bertz CT molecular complexity index is 578. The maximum Gasteiger partial charge on any atom is 0.227 e. The molecule has 1 aromatic heterocycles. The molecule has 106 valence electrons. The highest BCUT2D eigenvalue weighted by atomic mass is 16.5. The summed E-state index contributed by atoms with van der Waals surface area (Å²) in [7, 11) is 0. The van der Waals surface area contributed by atoms with Gasteiger partial charge in [0.2, 0.25) is 5.88 Å². The molecule has 0 saturated carbocycles. The SMILES string of the molecule is CCCc1c(NN)ncnc1Oc1cc(C)cc(C)c1. The minimum Gasteiger partial charge on any atom is -0.439 e. The summed E-state index contributed by atoms with van der Waals surface area (Å²) in [5.41, 5.74) is 5.81. The van der Waals surface area contributed by atoms with Crippen molar-refractivity contribution < 1.29 is 4.74 Å². The largest absolute Gasteiger partial charge is 0.439 e. The number of hydrazine groups is 1. The molecule has 0 aliphatic heterocycles. The zero-order valence-corrected chi connectivity index (χ0v) is 12.1. The Labute approximate surface area is 119 Å². The standard InChI is InChI=1S/C15H20N4O/c1-4-5-13-14(19-16)17-9-18-15(13)20-12-7-10(2)6-11(3)8-12/h6-9H,4-5,16H2,1-3H3,(H,17,18,19). The highest BCUT2D eigenvalue weighted by Crippen LogP contribution is 2.28. The summed E-state index contributed by atoms with van der Waals surface area (Å²) in [5, 5.41) is 0. The number of hydrogen-bond acceptors (Lipinski definition) is 5. The fraction of sp³-hybridized carbons (Fsp3) is 0.333. The van der Waals surface area contributed by atoms with Gasteiger partial charge < -0.3 is 10.2 Å². The van der Waals surface area contributed by atoms with Crippen molar-refractivity contribution in [2.75, 3.05) is 5.43 Å². The first kappa shape index (κ1) is 14.3. The molecule has 0 bridgehead atoms. The second kappa shape index (κ2) is 6.34. The Morgan fingerprint density at radius 2 is 1.85 bits per heavy atom. The van der Waals surface area contributed by atoms with E-state index in [1.807, 2.05) is 26.0 Å². The number of benzene rings is 1. The van der Waals surface area contributed by atoms with Crippen molar-refractivity contribution in [3.05, 3.63) is 41.2 Å². The van der Waals surface area contributed by atoms with E-state index in [4.69, 9.17) is 10.6 Å². The molecule has 1 heterocycles. The van der Waals surface area contributed by atoms with Gasteiger partial charge in [0.15, 0.2) is 0 Å². The summed E-state index contributed by atoms with van der Waals surface area (Å²) in [5.74, 6) is 7.44. The first-order valence-corrected chi connectivity index (χ1v) is 6.70. The molecule has 0 aliphatic rings. The van der Waals surface area contributed by atoms with E-state index < -0.39 is 0 Å². The Morgan fingerprint density at radius 3 is 2.45 bits per heavy atom. The van der Waals surface area contributed by atoms with Gasteiger partial charge in [0.05, 0.1) is 5.56 Å². The number of hydrogen-bond donors (Lipinski definition) is 2. The molecule has 3 N–H and O–H groups in total. The Morgan fingerprint density at radius 1 is 1.15 bits per heavy atom. The second-order valence-electron chi connectivity index (χ2n) is 4.83. The van der Waals surface area contributed by atoms with E-state index in [1.165, 1.54) is 6.33 Å². The van der Waals surface area contributed by atoms with Gasteiger partial charge in [-0.2, -0.15) is 0 Å². The Hall–Kier alpha value is -2.14. The number of aryl methyl sites for hydroxylation is 2. The molecule has 0 fully saturated rings. The van der Waals surface area contributed by atoms with Crippen LogP contribution in [0.4, 0.5) is 5.82 Å². The zero-order chi connectivity index (χ0) is 14.5. The van der Waals surface area contributed by atoms with Crippen molar-refractivity contribution in [1.29, 1.82) is 0 Å².